The van der Waals surface area contributed by atoms with Crippen molar-refractivity contribution in [2.45, 2.75) is 19.8 Å². The fraction of sp³-hybridized carbons (Fsp3) is 0.467. The molecule has 0 spiro atoms. The SMILES string of the molecule is COCCCNC(=O)CCN(C(C)=O)c1cc(Cl)cc(Cl)c1. The van der Waals surface area contributed by atoms with Gasteiger partial charge in [0.15, 0.2) is 0 Å². The zero-order valence-electron chi connectivity index (χ0n) is 12.7. The van der Waals surface area contributed by atoms with Crippen LogP contribution in [0, 0.1) is 0 Å². The number of ether oxygens (including phenoxy) is 1. The van der Waals surface area contributed by atoms with E-state index in [0.29, 0.717) is 28.9 Å². The summed E-state index contributed by atoms with van der Waals surface area (Å²) < 4.78 is 4.90. The highest BCUT2D eigenvalue weighted by molar-refractivity contribution is 6.35. The molecule has 0 atom stereocenters. The molecule has 122 valence electrons. The molecule has 0 aliphatic heterocycles. The Morgan fingerprint density at radius 3 is 2.41 bits per heavy atom. The second kappa shape index (κ2) is 9.66. The lowest BCUT2D eigenvalue weighted by Crippen LogP contribution is -2.34. The Morgan fingerprint density at radius 2 is 1.86 bits per heavy atom. The van der Waals surface area contributed by atoms with Crippen molar-refractivity contribution in [2.75, 3.05) is 31.7 Å². The zero-order valence-corrected chi connectivity index (χ0v) is 14.2. The Morgan fingerprint density at radius 1 is 1.23 bits per heavy atom. The standard InChI is InChI=1S/C15H20Cl2N2O3/c1-11(20)19(14-9-12(16)8-13(17)10-14)6-4-15(21)18-5-3-7-22-2/h8-10H,3-7H2,1-2H3,(H,18,21). The Balaban J connectivity index is 2.58. The monoisotopic (exact) mass is 346 g/mol. The lowest BCUT2D eigenvalue weighted by Gasteiger charge is -2.21. The third-order valence-corrected chi connectivity index (χ3v) is 3.39. The molecule has 0 saturated carbocycles. The van der Waals surface area contributed by atoms with Gasteiger partial charge in [-0.2, -0.15) is 0 Å². The molecule has 0 aliphatic carbocycles. The Bertz CT molecular complexity index is 503. The van der Waals surface area contributed by atoms with Crippen molar-refractivity contribution in [1.29, 1.82) is 0 Å². The average molecular weight is 347 g/mol. The lowest BCUT2D eigenvalue weighted by molar-refractivity contribution is -0.121. The Kier molecular flexibility index (Phi) is 8.24. The van der Waals surface area contributed by atoms with E-state index in [1.165, 1.54) is 11.8 Å². The highest BCUT2D eigenvalue weighted by Gasteiger charge is 2.14. The second-order valence-electron chi connectivity index (χ2n) is 4.74. The highest BCUT2D eigenvalue weighted by atomic mass is 35.5. The minimum Gasteiger partial charge on any atom is -0.385 e. The van der Waals surface area contributed by atoms with E-state index >= 15 is 0 Å². The number of anilines is 1. The maximum absolute atomic E-state index is 11.8. The number of benzene rings is 1. The molecule has 0 heterocycles. The summed E-state index contributed by atoms with van der Waals surface area (Å²) in [5.41, 5.74) is 0.581. The molecule has 0 aliphatic rings. The van der Waals surface area contributed by atoms with E-state index < -0.39 is 0 Å². The van der Waals surface area contributed by atoms with Crippen LogP contribution in [0.25, 0.3) is 0 Å². The molecule has 0 bridgehead atoms. The van der Waals surface area contributed by atoms with Crippen molar-refractivity contribution in [3.05, 3.63) is 28.2 Å². The van der Waals surface area contributed by atoms with Crippen molar-refractivity contribution < 1.29 is 14.3 Å². The van der Waals surface area contributed by atoms with Gasteiger partial charge in [0.25, 0.3) is 0 Å². The number of methoxy groups -OCH3 is 1. The quantitative estimate of drug-likeness (QED) is 0.736. The maximum Gasteiger partial charge on any atom is 0.223 e. The molecule has 1 aromatic rings. The van der Waals surface area contributed by atoms with E-state index in [-0.39, 0.29) is 24.8 Å². The summed E-state index contributed by atoms with van der Waals surface area (Å²) in [5.74, 6) is -0.291. The average Bonchev–Trinajstić information content (AvgIpc) is 2.42. The van der Waals surface area contributed by atoms with Crippen molar-refractivity contribution >= 4 is 40.7 Å². The molecule has 0 saturated heterocycles. The number of amides is 2. The van der Waals surface area contributed by atoms with Gasteiger partial charge in [0.05, 0.1) is 0 Å². The number of carbonyl (C=O) groups is 2. The number of nitrogens with zero attached hydrogens (tertiary/aromatic N) is 1. The first-order valence-electron chi connectivity index (χ1n) is 6.94. The van der Waals surface area contributed by atoms with Crippen LogP contribution in [0.3, 0.4) is 0 Å². The Hall–Kier alpha value is -1.30. The molecule has 0 aromatic heterocycles. The number of hydrogen-bond donors (Lipinski definition) is 1. The number of carbonyl (C=O) groups excluding carboxylic acids is 2. The van der Waals surface area contributed by atoms with Gasteiger partial charge in [0.2, 0.25) is 11.8 Å². The largest absolute Gasteiger partial charge is 0.385 e. The van der Waals surface area contributed by atoms with Crippen LogP contribution in [0.15, 0.2) is 18.2 Å². The van der Waals surface area contributed by atoms with Gasteiger partial charge >= 0.3 is 0 Å². The minimum atomic E-state index is -0.175. The van der Waals surface area contributed by atoms with Crippen LogP contribution in [-0.4, -0.2) is 38.6 Å². The summed E-state index contributed by atoms with van der Waals surface area (Å²) in [6.45, 7) is 2.85. The Labute approximate surface area is 140 Å². The molecule has 1 N–H and O–H groups in total. The minimum absolute atomic E-state index is 0.115. The second-order valence-corrected chi connectivity index (χ2v) is 5.62. The molecule has 1 rings (SSSR count). The summed E-state index contributed by atoms with van der Waals surface area (Å²) in [4.78, 5) is 25.0. The van der Waals surface area contributed by atoms with Gasteiger partial charge in [-0.15, -0.1) is 0 Å². The van der Waals surface area contributed by atoms with Gasteiger partial charge in [-0.3, -0.25) is 9.59 Å². The van der Waals surface area contributed by atoms with Crippen LogP contribution >= 0.6 is 23.2 Å². The molecule has 22 heavy (non-hydrogen) atoms. The van der Waals surface area contributed by atoms with E-state index in [4.69, 9.17) is 27.9 Å². The fourth-order valence-corrected chi connectivity index (χ4v) is 2.42. The van der Waals surface area contributed by atoms with Crippen LogP contribution < -0.4 is 10.2 Å². The lowest BCUT2D eigenvalue weighted by atomic mass is 10.2. The van der Waals surface area contributed by atoms with Gasteiger partial charge in [-0.05, 0) is 24.6 Å². The summed E-state index contributed by atoms with van der Waals surface area (Å²) >= 11 is 11.9. The normalized spacial score (nSPS) is 10.4. The van der Waals surface area contributed by atoms with Crippen LogP contribution in [-0.2, 0) is 14.3 Å². The van der Waals surface area contributed by atoms with Crippen molar-refractivity contribution in [2.24, 2.45) is 0 Å². The molecule has 1 aromatic carbocycles. The molecule has 5 nitrogen and oxygen atoms in total. The van der Waals surface area contributed by atoms with E-state index in [9.17, 15) is 9.59 Å². The summed E-state index contributed by atoms with van der Waals surface area (Å²) in [6, 6.07) is 4.88. The number of hydrogen-bond acceptors (Lipinski definition) is 3. The van der Waals surface area contributed by atoms with Gasteiger partial charge in [-0.25, -0.2) is 0 Å². The topological polar surface area (TPSA) is 58.6 Å². The van der Waals surface area contributed by atoms with Crippen molar-refractivity contribution in [3.63, 3.8) is 0 Å². The van der Waals surface area contributed by atoms with Crippen LogP contribution in [0.4, 0.5) is 5.69 Å². The smallest absolute Gasteiger partial charge is 0.223 e. The van der Waals surface area contributed by atoms with Crippen molar-refractivity contribution in [1.82, 2.24) is 5.32 Å². The first kappa shape index (κ1) is 18.7. The van der Waals surface area contributed by atoms with Crippen LogP contribution in [0.5, 0.6) is 0 Å². The number of halogens is 2. The van der Waals surface area contributed by atoms with Gasteiger partial charge in [0, 0.05) is 55.9 Å². The molecule has 2 amide bonds. The highest BCUT2D eigenvalue weighted by Crippen LogP contribution is 2.25. The van der Waals surface area contributed by atoms with E-state index in [0.717, 1.165) is 6.42 Å². The first-order chi connectivity index (χ1) is 10.4. The molecular formula is C15H20Cl2N2O3. The predicted molar refractivity (Wildman–Crippen MR) is 88.6 cm³/mol. The van der Waals surface area contributed by atoms with Gasteiger partial charge < -0.3 is 15.0 Å². The van der Waals surface area contributed by atoms with Gasteiger partial charge in [-0.1, -0.05) is 23.2 Å². The molecule has 7 heteroatoms. The first-order valence-corrected chi connectivity index (χ1v) is 7.69. The molecule has 0 unspecified atom stereocenters. The summed E-state index contributed by atoms with van der Waals surface area (Å²) in [6.07, 6.45) is 0.958. The number of rotatable bonds is 8. The molecular weight excluding hydrogens is 327 g/mol. The van der Waals surface area contributed by atoms with Crippen molar-refractivity contribution in [3.8, 4) is 0 Å². The van der Waals surface area contributed by atoms with Crippen LogP contribution in [0.2, 0.25) is 10.0 Å². The van der Waals surface area contributed by atoms with E-state index in [1.807, 2.05) is 0 Å². The predicted octanol–water partition coefficient (Wildman–Crippen LogP) is 2.89. The third-order valence-electron chi connectivity index (χ3n) is 2.95. The number of nitrogens with one attached hydrogen (secondary N) is 1. The fourth-order valence-electron chi connectivity index (χ4n) is 1.91. The van der Waals surface area contributed by atoms with E-state index in [1.54, 1.807) is 25.3 Å². The van der Waals surface area contributed by atoms with E-state index in [2.05, 4.69) is 5.32 Å². The summed E-state index contributed by atoms with van der Waals surface area (Å²) in [5, 5.41) is 3.66. The third kappa shape index (κ3) is 6.64. The maximum atomic E-state index is 11.8. The summed E-state index contributed by atoms with van der Waals surface area (Å²) in [7, 11) is 1.61. The van der Waals surface area contributed by atoms with Crippen LogP contribution in [0.1, 0.15) is 19.8 Å². The van der Waals surface area contributed by atoms with Gasteiger partial charge in [0.1, 0.15) is 0 Å². The molecule has 0 fully saturated rings. The molecule has 0 radical (unpaired) electrons. The zero-order chi connectivity index (χ0) is 16.5.